The molecule has 2 aromatic heterocycles. The highest BCUT2D eigenvalue weighted by atomic mass is 32.2. The maximum atomic E-state index is 12.1. The lowest BCUT2D eigenvalue weighted by Crippen LogP contribution is -2.27. The summed E-state index contributed by atoms with van der Waals surface area (Å²) in [6.07, 6.45) is 6.24. The highest BCUT2D eigenvalue weighted by molar-refractivity contribution is 7.89. The van der Waals surface area contributed by atoms with Crippen molar-refractivity contribution in [2.24, 2.45) is 0 Å². The second-order valence-electron chi connectivity index (χ2n) is 4.35. The van der Waals surface area contributed by atoms with Crippen LogP contribution in [-0.4, -0.2) is 40.2 Å². The molecule has 0 saturated heterocycles. The number of nitrogens with zero attached hydrogens (tertiary/aromatic N) is 3. The molecule has 9 heteroatoms. The van der Waals surface area contributed by atoms with Crippen LogP contribution in [0.25, 0.3) is 0 Å². The van der Waals surface area contributed by atoms with Crippen LogP contribution < -0.4 is 4.72 Å². The predicted molar refractivity (Wildman–Crippen MR) is 74.5 cm³/mol. The van der Waals surface area contributed by atoms with Crippen LogP contribution >= 0.6 is 0 Å². The molecule has 0 amide bonds. The minimum absolute atomic E-state index is 0.0486. The van der Waals surface area contributed by atoms with E-state index in [1.54, 1.807) is 30.2 Å². The number of sulfonamides is 1. The molecule has 0 aliphatic carbocycles. The summed E-state index contributed by atoms with van der Waals surface area (Å²) in [7, 11) is -3.73. The van der Waals surface area contributed by atoms with Gasteiger partial charge in [0.2, 0.25) is 10.0 Å². The number of carboxylic acids is 1. The summed E-state index contributed by atoms with van der Waals surface area (Å²) in [5.41, 5.74) is -0.0486. The van der Waals surface area contributed by atoms with E-state index in [0.717, 1.165) is 6.07 Å². The molecule has 2 N–H and O–H groups in total. The Hall–Kier alpha value is -2.13. The number of carboxylic acid groups (broad SMARTS) is 1. The number of aromatic nitrogens is 3. The van der Waals surface area contributed by atoms with Crippen molar-refractivity contribution in [3.8, 4) is 0 Å². The molecule has 0 aliphatic rings. The van der Waals surface area contributed by atoms with Gasteiger partial charge in [0.05, 0.1) is 6.33 Å². The number of aromatic carboxylic acids is 1. The van der Waals surface area contributed by atoms with E-state index in [-0.39, 0.29) is 17.1 Å². The van der Waals surface area contributed by atoms with Crippen LogP contribution in [-0.2, 0) is 23.1 Å². The zero-order valence-corrected chi connectivity index (χ0v) is 12.2. The van der Waals surface area contributed by atoms with Crippen LogP contribution in [0.3, 0.4) is 0 Å². The number of nitrogens with one attached hydrogen (secondary N) is 1. The largest absolute Gasteiger partial charge is 0.477 e. The SMILES string of the molecule is CCn1cc(S(=O)(=O)NCCn2ccnc2)cc1C(=O)O. The molecular formula is C12H16N4O4S. The van der Waals surface area contributed by atoms with Gasteiger partial charge in [0.15, 0.2) is 0 Å². The third-order valence-electron chi connectivity index (χ3n) is 2.96. The van der Waals surface area contributed by atoms with Crippen molar-refractivity contribution < 1.29 is 18.3 Å². The molecule has 2 rings (SSSR count). The first kappa shape index (κ1) is 15.3. The summed E-state index contributed by atoms with van der Waals surface area (Å²) >= 11 is 0. The molecule has 0 spiro atoms. The average Bonchev–Trinajstić information content (AvgIpc) is 3.07. The first-order chi connectivity index (χ1) is 9.94. The van der Waals surface area contributed by atoms with Gasteiger partial charge in [-0.15, -0.1) is 0 Å². The van der Waals surface area contributed by atoms with Gasteiger partial charge in [-0.2, -0.15) is 0 Å². The second kappa shape index (κ2) is 6.10. The number of rotatable bonds is 7. The molecule has 2 aromatic rings. The summed E-state index contributed by atoms with van der Waals surface area (Å²) in [4.78, 5) is 14.9. The topological polar surface area (TPSA) is 106 Å². The van der Waals surface area contributed by atoms with Crippen molar-refractivity contribution in [1.82, 2.24) is 18.8 Å². The molecule has 0 atom stereocenters. The Balaban J connectivity index is 2.10. The molecule has 0 aliphatic heterocycles. The fraction of sp³-hybridized carbons (Fsp3) is 0.333. The van der Waals surface area contributed by atoms with Gasteiger partial charge in [-0.3, -0.25) is 0 Å². The lowest BCUT2D eigenvalue weighted by molar-refractivity contribution is 0.0685. The number of imidazole rings is 1. The van der Waals surface area contributed by atoms with Crippen molar-refractivity contribution in [2.45, 2.75) is 24.9 Å². The maximum absolute atomic E-state index is 12.1. The third-order valence-corrected chi connectivity index (χ3v) is 4.39. The van der Waals surface area contributed by atoms with Gasteiger partial charge in [-0.1, -0.05) is 0 Å². The number of hydrogen-bond acceptors (Lipinski definition) is 4. The molecule has 0 saturated carbocycles. The molecular weight excluding hydrogens is 296 g/mol. The molecule has 0 unspecified atom stereocenters. The lowest BCUT2D eigenvalue weighted by Gasteiger charge is -2.05. The Kier molecular flexibility index (Phi) is 4.43. The van der Waals surface area contributed by atoms with Crippen LogP contribution in [0.5, 0.6) is 0 Å². The second-order valence-corrected chi connectivity index (χ2v) is 6.12. The van der Waals surface area contributed by atoms with E-state index in [4.69, 9.17) is 5.11 Å². The van der Waals surface area contributed by atoms with Gasteiger partial charge in [0.25, 0.3) is 0 Å². The lowest BCUT2D eigenvalue weighted by atomic mass is 10.4. The van der Waals surface area contributed by atoms with E-state index in [1.807, 2.05) is 0 Å². The summed E-state index contributed by atoms with van der Waals surface area (Å²) in [5.74, 6) is -1.16. The normalized spacial score (nSPS) is 11.7. The van der Waals surface area contributed by atoms with Crippen LogP contribution in [0.1, 0.15) is 17.4 Å². The van der Waals surface area contributed by atoms with Gasteiger partial charge in [-0.25, -0.2) is 22.9 Å². The van der Waals surface area contributed by atoms with E-state index < -0.39 is 16.0 Å². The van der Waals surface area contributed by atoms with E-state index in [2.05, 4.69) is 9.71 Å². The first-order valence-electron chi connectivity index (χ1n) is 6.33. The molecule has 114 valence electrons. The Morgan fingerprint density at radius 3 is 2.76 bits per heavy atom. The molecule has 21 heavy (non-hydrogen) atoms. The quantitative estimate of drug-likeness (QED) is 0.769. The van der Waals surface area contributed by atoms with Gasteiger partial charge in [0.1, 0.15) is 10.6 Å². The van der Waals surface area contributed by atoms with Crippen molar-refractivity contribution >= 4 is 16.0 Å². The smallest absolute Gasteiger partial charge is 0.352 e. The average molecular weight is 312 g/mol. The highest BCUT2D eigenvalue weighted by Crippen LogP contribution is 2.14. The van der Waals surface area contributed by atoms with Crippen molar-refractivity contribution in [2.75, 3.05) is 6.54 Å². The number of aryl methyl sites for hydroxylation is 1. The standard InChI is InChI=1S/C12H16N4O4S/c1-2-16-8-10(7-11(16)12(17)18)21(19,20)14-4-6-15-5-3-13-9-15/h3,5,7-9,14H,2,4,6H2,1H3,(H,17,18). The molecule has 0 aromatic carbocycles. The summed E-state index contributed by atoms with van der Waals surface area (Å²) in [5, 5.41) is 9.03. The fourth-order valence-electron chi connectivity index (χ4n) is 1.88. The molecule has 2 heterocycles. The van der Waals surface area contributed by atoms with Crippen LogP contribution in [0.15, 0.2) is 35.9 Å². The van der Waals surface area contributed by atoms with E-state index in [9.17, 15) is 13.2 Å². The van der Waals surface area contributed by atoms with Gasteiger partial charge in [-0.05, 0) is 13.0 Å². The Labute approximate surface area is 122 Å². The minimum Gasteiger partial charge on any atom is -0.477 e. The molecule has 0 bridgehead atoms. The third kappa shape index (κ3) is 3.50. The van der Waals surface area contributed by atoms with Gasteiger partial charge in [0, 0.05) is 38.2 Å². The molecule has 8 nitrogen and oxygen atoms in total. The number of hydrogen-bond donors (Lipinski definition) is 2. The van der Waals surface area contributed by atoms with Crippen molar-refractivity contribution in [3.05, 3.63) is 36.7 Å². The van der Waals surface area contributed by atoms with Gasteiger partial charge < -0.3 is 14.2 Å². The summed E-state index contributed by atoms with van der Waals surface area (Å²) < 4.78 is 29.8. The van der Waals surface area contributed by atoms with E-state index in [1.165, 1.54) is 10.8 Å². The Morgan fingerprint density at radius 2 is 2.24 bits per heavy atom. The fourth-order valence-corrected chi connectivity index (χ4v) is 2.94. The Bertz CT molecular complexity index is 719. The monoisotopic (exact) mass is 312 g/mol. The van der Waals surface area contributed by atoms with Crippen LogP contribution in [0, 0.1) is 0 Å². The minimum atomic E-state index is -3.73. The predicted octanol–water partition coefficient (Wildman–Crippen LogP) is 0.381. The van der Waals surface area contributed by atoms with E-state index in [0.29, 0.717) is 13.1 Å². The maximum Gasteiger partial charge on any atom is 0.352 e. The molecule has 0 fully saturated rings. The van der Waals surface area contributed by atoms with E-state index >= 15 is 0 Å². The van der Waals surface area contributed by atoms with Crippen molar-refractivity contribution in [3.63, 3.8) is 0 Å². The number of carbonyl (C=O) groups is 1. The summed E-state index contributed by atoms with van der Waals surface area (Å²) in [6.45, 7) is 2.76. The highest BCUT2D eigenvalue weighted by Gasteiger charge is 2.20. The zero-order valence-electron chi connectivity index (χ0n) is 11.4. The molecule has 0 radical (unpaired) electrons. The Morgan fingerprint density at radius 1 is 1.48 bits per heavy atom. The van der Waals surface area contributed by atoms with Crippen LogP contribution in [0.2, 0.25) is 0 Å². The zero-order chi connectivity index (χ0) is 15.5. The van der Waals surface area contributed by atoms with Gasteiger partial charge >= 0.3 is 5.97 Å². The van der Waals surface area contributed by atoms with Crippen LogP contribution in [0.4, 0.5) is 0 Å². The van der Waals surface area contributed by atoms with Crippen molar-refractivity contribution in [1.29, 1.82) is 0 Å². The summed E-state index contributed by atoms with van der Waals surface area (Å²) in [6, 6.07) is 1.16. The first-order valence-corrected chi connectivity index (χ1v) is 7.81.